The Kier molecular flexibility index (Phi) is 5.76. The van der Waals surface area contributed by atoms with Gasteiger partial charge in [0.05, 0.1) is 23.4 Å². The maximum absolute atomic E-state index is 5.71. The number of nitrogens with one attached hydrogen (secondary N) is 1. The van der Waals surface area contributed by atoms with Crippen LogP contribution in [-0.4, -0.2) is 17.6 Å². The molecule has 1 N–H and O–H groups in total. The lowest BCUT2D eigenvalue weighted by Gasteiger charge is -2.19. The average molecular weight is 304 g/mol. The van der Waals surface area contributed by atoms with Gasteiger partial charge in [-0.25, -0.2) is 4.98 Å². The molecule has 114 valence electrons. The van der Waals surface area contributed by atoms with Gasteiger partial charge in [0.2, 0.25) is 0 Å². The second-order valence-electron chi connectivity index (χ2n) is 5.42. The summed E-state index contributed by atoms with van der Waals surface area (Å²) in [6.07, 6.45) is 1.32. The van der Waals surface area contributed by atoms with Crippen LogP contribution in [0.15, 0.2) is 29.8 Å². The largest absolute Gasteiger partial charge is 0.491 e. The molecule has 0 aliphatic carbocycles. The summed E-state index contributed by atoms with van der Waals surface area (Å²) in [5.41, 5.74) is 4.28. The van der Waals surface area contributed by atoms with Crippen molar-refractivity contribution < 1.29 is 4.74 Å². The van der Waals surface area contributed by atoms with E-state index in [1.165, 1.54) is 10.4 Å². The van der Waals surface area contributed by atoms with Crippen LogP contribution >= 0.6 is 11.3 Å². The monoisotopic (exact) mass is 304 g/mol. The molecule has 4 heteroatoms. The molecule has 0 radical (unpaired) electrons. The highest BCUT2D eigenvalue weighted by molar-refractivity contribution is 7.09. The molecule has 1 atom stereocenters. The molecule has 0 spiro atoms. The van der Waals surface area contributed by atoms with E-state index in [0.717, 1.165) is 24.4 Å². The molecular weight excluding hydrogens is 280 g/mol. The topological polar surface area (TPSA) is 34.1 Å². The number of rotatable bonds is 7. The summed E-state index contributed by atoms with van der Waals surface area (Å²) in [5, 5.41) is 3.62. The van der Waals surface area contributed by atoms with Gasteiger partial charge in [-0.1, -0.05) is 19.1 Å². The van der Waals surface area contributed by atoms with Gasteiger partial charge in [0.15, 0.2) is 0 Å². The minimum Gasteiger partial charge on any atom is -0.491 e. The van der Waals surface area contributed by atoms with Gasteiger partial charge < -0.3 is 10.1 Å². The number of aromatic nitrogens is 1. The molecule has 0 amide bonds. The Morgan fingerprint density at radius 3 is 2.48 bits per heavy atom. The van der Waals surface area contributed by atoms with E-state index in [9.17, 15) is 0 Å². The molecule has 2 rings (SSSR count). The van der Waals surface area contributed by atoms with Crippen LogP contribution in [0.1, 0.15) is 49.4 Å². The van der Waals surface area contributed by atoms with E-state index in [1.807, 2.05) is 31.5 Å². The standard InChI is InChI=1S/C17H24N2OS/c1-5-10-18-16(17-13(4)19-11-21-17)14-6-8-15(9-7-14)20-12(2)3/h6-9,11-12,16,18H,5,10H2,1-4H3. The fourth-order valence-electron chi connectivity index (χ4n) is 2.25. The SMILES string of the molecule is CCCNC(c1ccc(OC(C)C)cc1)c1scnc1C. The van der Waals surface area contributed by atoms with E-state index in [-0.39, 0.29) is 12.1 Å². The average Bonchev–Trinajstić information content (AvgIpc) is 2.87. The van der Waals surface area contributed by atoms with Crippen LogP contribution in [0.4, 0.5) is 0 Å². The van der Waals surface area contributed by atoms with Crippen LogP contribution in [0.5, 0.6) is 5.75 Å². The summed E-state index contributed by atoms with van der Waals surface area (Å²) in [5.74, 6) is 0.920. The number of nitrogens with zero attached hydrogens (tertiary/aromatic N) is 1. The molecule has 1 heterocycles. The number of benzene rings is 1. The minimum atomic E-state index is 0.202. The van der Waals surface area contributed by atoms with Gasteiger partial charge in [0.1, 0.15) is 5.75 Å². The first-order valence-corrected chi connectivity index (χ1v) is 8.39. The van der Waals surface area contributed by atoms with Crippen molar-refractivity contribution in [3.05, 3.63) is 45.9 Å². The Labute approximate surface area is 131 Å². The molecule has 21 heavy (non-hydrogen) atoms. The fraction of sp³-hybridized carbons (Fsp3) is 0.471. The minimum absolute atomic E-state index is 0.202. The number of hydrogen-bond acceptors (Lipinski definition) is 4. The highest BCUT2D eigenvalue weighted by Gasteiger charge is 2.17. The van der Waals surface area contributed by atoms with Crippen LogP contribution < -0.4 is 10.1 Å². The van der Waals surface area contributed by atoms with Gasteiger partial charge in [0.25, 0.3) is 0 Å². The van der Waals surface area contributed by atoms with Crippen molar-refractivity contribution in [3.63, 3.8) is 0 Å². The van der Waals surface area contributed by atoms with Crippen molar-refractivity contribution in [2.75, 3.05) is 6.54 Å². The number of hydrogen-bond donors (Lipinski definition) is 1. The highest BCUT2D eigenvalue weighted by Crippen LogP contribution is 2.29. The molecule has 0 aliphatic rings. The lowest BCUT2D eigenvalue weighted by molar-refractivity contribution is 0.242. The van der Waals surface area contributed by atoms with Gasteiger partial charge in [-0.05, 0) is 51.4 Å². The van der Waals surface area contributed by atoms with E-state index >= 15 is 0 Å². The molecule has 0 bridgehead atoms. The van der Waals surface area contributed by atoms with Gasteiger partial charge in [-0.2, -0.15) is 0 Å². The zero-order chi connectivity index (χ0) is 15.2. The Morgan fingerprint density at radius 1 is 1.24 bits per heavy atom. The zero-order valence-corrected chi connectivity index (χ0v) is 14.0. The highest BCUT2D eigenvalue weighted by atomic mass is 32.1. The molecule has 0 saturated carbocycles. The van der Waals surface area contributed by atoms with E-state index < -0.39 is 0 Å². The molecule has 0 saturated heterocycles. The molecular formula is C17H24N2OS. The van der Waals surface area contributed by atoms with Crippen molar-refractivity contribution in [2.24, 2.45) is 0 Å². The summed E-state index contributed by atoms with van der Waals surface area (Å²) in [6, 6.07) is 8.60. The predicted octanol–water partition coefficient (Wildman–Crippen LogP) is 4.33. The summed E-state index contributed by atoms with van der Waals surface area (Å²) in [7, 11) is 0. The summed E-state index contributed by atoms with van der Waals surface area (Å²) in [6.45, 7) is 9.33. The second kappa shape index (κ2) is 7.57. The van der Waals surface area contributed by atoms with Crippen LogP contribution in [-0.2, 0) is 0 Å². The number of thiazole rings is 1. The van der Waals surface area contributed by atoms with Crippen LogP contribution in [0.3, 0.4) is 0 Å². The Hall–Kier alpha value is -1.39. The van der Waals surface area contributed by atoms with Crippen LogP contribution in [0.2, 0.25) is 0 Å². The van der Waals surface area contributed by atoms with E-state index in [4.69, 9.17) is 4.74 Å². The summed E-state index contributed by atoms with van der Waals surface area (Å²) >= 11 is 1.71. The van der Waals surface area contributed by atoms with Crippen molar-refractivity contribution in [3.8, 4) is 5.75 Å². The third kappa shape index (κ3) is 4.29. The number of aryl methyl sites for hydroxylation is 1. The van der Waals surface area contributed by atoms with Gasteiger partial charge in [0, 0.05) is 4.88 Å². The molecule has 2 aromatic rings. The maximum Gasteiger partial charge on any atom is 0.119 e. The summed E-state index contributed by atoms with van der Waals surface area (Å²) < 4.78 is 5.71. The van der Waals surface area contributed by atoms with Crippen molar-refractivity contribution in [2.45, 2.75) is 46.3 Å². The Morgan fingerprint density at radius 2 is 1.95 bits per heavy atom. The fourth-order valence-corrected chi connectivity index (χ4v) is 3.15. The molecule has 1 unspecified atom stereocenters. The Balaban J connectivity index is 2.22. The third-order valence-electron chi connectivity index (χ3n) is 3.23. The van der Waals surface area contributed by atoms with E-state index in [2.05, 4.69) is 36.3 Å². The first kappa shape index (κ1) is 16.0. The van der Waals surface area contributed by atoms with Crippen molar-refractivity contribution in [1.29, 1.82) is 0 Å². The Bertz CT molecular complexity index is 548. The van der Waals surface area contributed by atoms with Gasteiger partial charge in [-0.15, -0.1) is 11.3 Å². The van der Waals surface area contributed by atoms with Gasteiger partial charge in [-0.3, -0.25) is 0 Å². The molecule has 0 fully saturated rings. The van der Waals surface area contributed by atoms with Crippen LogP contribution in [0, 0.1) is 6.92 Å². The third-order valence-corrected chi connectivity index (χ3v) is 4.22. The van der Waals surface area contributed by atoms with E-state index in [0.29, 0.717) is 0 Å². The lowest BCUT2D eigenvalue weighted by Crippen LogP contribution is -2.23. The first-order valence-electron chi connectivity index (χ1n) is 7.51. The van der Waals surface area contributed by atoms with Crippen molar-refractivity contribution >= 4 is 11.3 Å². The molecule has 0 aliphatic heterocycles. The van der Waals surface area contributed by atoms with Crippen molar-refractivity contribution in [1.82, 2.24) is 10.3 Å². The van der Waals surface area contributed by atoms with E-state index in [1.54, 1.807) is 11.3 Å². The van der Waals surface area contributed by atoms with Gasteiger partial charge >= 0.3 is 0 Å². The first-order chi connectivity index (χ1) is 10.1. The molecule has 3 nitrogen and oxygen atoms in total. The smallest absolute Gasteiger partial charge is 0.119 e. The maximum atomic E-state index is 5.71. The summed E-state index contributed by atoms with van der Waals surface area (Å²) in [4.78, 5) is 5.67. The van der Waals surface area contributed by atoms with Crippen LogP contribution in [0.25, 0.3) is 0 Å². The molecule has 1 aromatic carbocycles. The lowest BCUT2D eigenvalue weighted by atomic mass is 10.0. The normalized spacial score (nSPS) is 12.6. The molecule has 1 aromatic heterocycles. The second-order valence-corrected chi connectivity index (χ2v) is 6.31. The number of ether oxygens (including phenoxy) is 1. The zero-order valence-electron chi connectivity index (χ0n) is 13.2. The predicted molar refractivity (Wildman–Crippen MR) is 89.2 cm³/mol. The quantitative estimate of drug-likeness (QED) is 0.827.